The number of hydrogen-bond acceptors (Lipinski definition) is 1. The lowest BCUT2D eigenvalue weighted by Gasteiger charge is -2.41. The van der Waals surface area contributed by atoms with Crippen LogP contribution in [0.3, 0.4) is 0 Å². The van der Waals surface area contributed by atoms with E-state index in [1.54, 1.807) is 0 Å². The zero-order valence-electron chi connectivity index (χ0n) is 10.6. The van der Waals surface area contributed by atoms with Crippen molar-refractivity contribution in [1.29, 1.82) is 0 Å². The second-order valence-corrected chi connectivity index (χ2v) is 10.6. The Balaban J connectivity index is 4.90. The lowest BCUT2D eigenvalue weighted by atomic mass is 9.98. The Hall–Kier alpha value is -0.0831. The zero-order chi connectivity index (χ0) is 11.4. The van der Waals surface area contributed by atoms with Crippen molar-refractivity contribution in [2.75, 3.05) is 0 Å². The number of hydrogen-bond donors (Lipinski definition) is 1. The predicted octanol–water partition coefficient (Wildman–Crippen LogP) is 3.61. The third kappa shape index (κ3) is 2.96. The molecule has 0 aliphatic heterocycles. The highest BCUT2D eigenvalue weighted by Gasteiger charge is 2.43. The van der Waals surface area contributed by atoms with Crippen molar-refractivity contribution >= 4 is 8.07 Å². The number of allylic oxidation sites excluding steroid dienone is 1. The van der Waals surface area contributed by atoms with Crippen LogP contribution in [0.4, 0.5) is 0 Å². The largest absolute Gasteiger partial charge is 0.389 e. The van der Waals surface area contributed by atoms with E-state index in [0.29, 0.717) is 5.92 Å². The highest BCUT2D eigenvalue weighted by Crippen LogP contribution is 2.32. The van der Waals surface area contributed by atoms with Gasteiger partial charge in [0.05, 0.1) is 13.3 Å². The van der Waals surface area contributed by atoms with Crippen LogP contribution in [0.15, 0.2) is 12.2 Å². The van der Waals surface area contributed by atoms with Crippen molar-refractivity contribution in [2.45, 2.75) is 58.5 Å². The normalized spacial score (nSPS) is 19.6. The van der Waals surface area contributed by atoms with Crippen molar-refractivity contribution in [3.8, 4) is 0 Å². The molecule has 2 unspecified atom stereocenters. The van der Waals surface area contributed by atoms with Crippen molar-refractivity contribution in [3.63, 3.8) is 0 Å². The molecule has 0 heterocycles. The molecule has 0 fully saturated rings. The van der Waals surface area contributed by atoms with E-state index in [-0.39, 0.29) is 0 Å². The van der Waals surface area contributed by atoms with E-state index in [4.69, 9.17) is 0 Å². The van der Waals surface area contributed by atoms with Crippen LogP contribution < -0.4 is 0 Å². The first-order valence-electron chi connectivity index (χ1n) is 5.65. The molecule has 0 saturated heterocycles. The van der Waals surface area contributed by atoms with E-state index in [1.165, 1.54) is 0 Å². The smallest absolute Gasteiger partial charge is 0.0873 e. The van der Waals surface area contributed by atoms with Gasteiger partial charge < -0.3 is 5.11 Å². The lowest BCUT2D eigenvalue weighted by Crippen LogP contribution is -2.55. The van der Waals surface area contributed by atoms with Gasteiger partial charge >= 0.3 is 0 Å². The van der Waals surface area contributed by atoms with Crippen LogP contribution in [-0.4, -0.2) is 18.4 Å². The fourth-order valence-corrected chi connectivity index (χ4v) is 4.35. The highest BCUT2D eigenvalue weighted by atomic mass is 28.3. The minimum atomic E-state index is -1.56. The first-order chi connectivity index (χ1) is 6.29. The minimum absolute atomic E-state index is 0.371. The summed E-state index contributed by atoms with van der Waals surface area (Å²) in [6.45, 7) is 13.0. The quantitative estimate of drug-likeness (QED) is 0.547. The van der Waals surface area contributed by atoms with E-state index >= 15 is 0 Å². The molecule has 1 N–H and O–H groups in total. The molecule has 0 aromatic heterocycles. The monoisotopic (exact) mass is 214 g/mol. The van der Waals surface area contributed by atoms with Gasteiger partial charge in [-0.3, -0.25) is 0 Å². The van der Waals surface area contributed by atoms with E-state index in [2.05, 4.69) is 33.5 Å². The van der Waals surface area contributed by atoms with Crippen molar-refractivity contribution in [2.24, 2.45) is 5.92 Å². The van der Waals surface area contributed by atoms with Gasteiger partial charge in [-0.05, 0) is 19.3 Å². The molecule has 1 nitrogen and oxygen atoms in total. The molecule has 0 spiro atoms. The highest BCUT2D eigenvalue weighted by molar-refractivity contribution is 6.79. The molecule has 0 aromatic rings. The van der Waals surface area contributed by atoms with Crippen LogP contribution in [0, 0.1) is 5.92 Å². The second kappa shape index (κ2) is 5.13. The van der Waals surface area contributed by atoms with Crippen LogP contribution in [-0.2, 0) is 0 Å². The van der Waals surface area contributed by atoms with Gasteiger partial charge in [0.2, 0.25) is 0 Å². The van der Waals surface area contributed by atoms with Gasteiger partial charge in [-0.25, -0.2) is 0 Å². The Bertz CT molecular complexity index is 193. The Morgan fingerprint density at radius 3 is 2.14 bits per heavy atom. The summed E-state index contributed by atoms with van der Waals surface area (Å²) in [7, 11) is -1.56. The summed E-state index contributed by atoms with van der Waals surface area (Å²) in [5.74, 6) is 0.371. The maximum atomic E-state index is 10.7. The fraction of sp³-hybridized carbons (Fsp3) is 0.833. The molecule has 0 bridgehead atoms. The third-order valence-electron chi connectivity index (χ3n) is 3.10. The molecular weight excluding hydrogens is 188 g/mol. The Kier molecular flexibility index (Phi) is 5.10. The molecule has 0 aromatic carbocycles. The van der Waals surface area contributed by atoms with Crippen LogP contribution in [0.1, 0.15) is 33.6 Å². The molecular formula is C12H26OSi. The Labute approximate surface area is 90.2 Å². The molecule has 0 aliphatic carbocycles. The predicted molar refractivity (Wildman–Crippen MR) is 67.2 cm³/mol. The van der Waals surface area contributed by atoms with Crippen LogP contribution >= 0.6 is 0 Å². The molecule has 0 aliphatic rings. The third-order valence-corrected chi connectivity index (χ3v) is 6.16. The molecule has 84 valence electrons. The first kappa shape index (κ1) is 13.9. The summed E-state index contributed by atoms with van der Waals surface area (Å²) in [6.07, 6.45) is 6.25. The van der Waals surface area contributed by atoms with Gasteiger partial charge in [0, 0.05) is 0 Å². The molecule has 0 radical (unpaired) electrons. The fourth-order valence-electron chi connectivity index (χ4n) is 2.06. The minimum Gasteiger partial charge on any atom is -0.389 e. The maximum Gasteiger partial charge on any atom is 0.0873 e. The molecule has 0 rings (SSSR count). The van der Waals surface area contributed by atoms with Gasteiger partial charge in [0.1, 0.15) is 0 Å². The van der Waals surface area contributed by atoms with Gasteiger partial charge in [-0.1, -0.05) is 52.1 Å². The van der Waals surface area contributed by atoms with E-state index in [0.717, 1.165) is 12.8 Å². The topological polar surface area (TPSA) is 20.2 Å². The maximum absolute atomic E-state index is 10.7. The average Bonchev–Trinajstić information content (AvgIpc) is 2.03. The molecule has 2 atom stereocenters. The zero-order valence-corrected chi connectivity index (χ0v) is 11.6. The SMILES string of the molecule is C/C=C/C(O)(C(C)CCC)[Si](C)(C)C. The molecule has 2 heteroatoms. The summed E-state index contributed by atoms with van der Waals surface area (Å²) in [5.41, 5.74) is 0. The van der Waals surface area contributed by atoms with Crippen molar-refractivity contribution < 1.29 is 5.11 Å². The summed E-state index contributed by atoms with van der Waals surface area (Å²) in [4.78, 5) is 0. The Morgan fingerprint density at radius 2 is 1.86 bits per heavy atom. The van der Waals surface area contributed by atoms with Gasteiger partial charge in [0.15, 0.2) is 0 Å². The molecule has 14 heavy (non-hydrogen) atoms. The second-order valence-electron chi connectivity index (χ2n) is 5.27. The summed E-state index contributed by atoms with van der Waals surface area (Å²) in [6, 6.07) is 0. The van der Waals surface area contributed by atoms with Crippen LogP contribution in [0.25, 0.3) is 0 Å². The molecule has 0 amide bonds. The number of aliphatic hydroxyl groups is 1. The average molecular weight is 214 g/mol. The van der Waals surface area contributed by atoms with Crippen LogP contribution in [0.5, 0.6) is 0 Å². The van der Waals surface area contributed by atoms with E-state index in [1.807, 2.05) is 19.1 Å². The standard InChI is InChI=1S/C12H26OSi/c1-7-9-11(3)12(13,10-8-2)14(4,5)6/h8,10-11,13H,7,9H2,1-6H3/b10-8+. The summed E-state index contributed by atoms with van der Waals surface area (Å²) >= 11 is 0. The van der Waals surface area contributed by atoms with Crippen molar-refractivity contribution in [3.05, 3.63) is 12.2 Å². The molecule has 0 saturated carbocycles. The van der Waals surface area contributed by atoms with Crippen LogP contribution in [0.2, 0.25) is 19.6 Å². The summed E-state index contributed by atoms with van der Waals surface area (Å²) in [5, 5.41) is 10.2. The van der Waals surface area contributed by atoms with E-state index < -0.39 is 13.3 Å². The van der Waals surface area contributed by atoms with Crippen molar-refractivity contribution in [1.82, 2.24) is 0 Å². The number of rotatable bonds is 5. The van der Waals surface area contributed by atoms with Gasteiger partial charge in [0.25, 0.3) is 0 Å². The lowest BCUT2D eigenvalue weighted by molar-refractivity contribution is 0.101. The van der Waals surface area contributed by atoms with Gasteiger partial charge in [-0.2, -0.15) is 0 Å². The summed E-state index contributed by atoms with van der Waals surface area (Å²) < 4.78 is 0. The van der Waals surface area contributed by atoms with E-state index in [9.17, 15) is 5.11 Å². The first-order valence-corrected chi connectivity index (χ1v) is 9.15. The van der Waals surface area contributed by atoms with Gasteiger partial charge in [-0.15, -0.1) is 0 Å². The Morgan fingerprint density at radius 1 is 1.36 bits per heavy atom.